The van der Waals surface area contributed by atoms with Crippen molar-refractivity contribution in [2.45, 2.75) is 52.1 Å². The Morgan fingerprint density at radius 3 is 2.34 bits per heavy atom. The minimum absolute atomic E-state index is 0.0122. The highest BCUT2D eigenvalue weighted by Gasteiger charge is 2.45. The van der Waals surface area contributed by atoms with Crippen LogP contribution in [-0.2, 0) is 4.52 Å². The zero-order valence-corrected chi connectivity index (χ0v) is 20.1. The Hall–Kier alpha value is -2.02. The predicted molar refractivity (Wildman–Crippen MR) is 125 cm³/mol. The summed E-state index contributed by atoms with van der Waals surface area (Å²) in [5.41, 5.74) is 0.323. The van der Waals surface area contributed by atoms with Gasteiger partial charge in [0.25, 0.3) is 0 Å². The molecule has 0 radical (unpaired) electrons. The largest absolute Gasteiger partial charge is 0.494 e. The summed E-state index contributed by atoms with van der Waals surface area (Å²) >= 11 is 0. The van der Waals surface area contributed by atoms with Crippen molar-refractivity contribution < 1.29 is 27.5 Å². The van der Waals surface area contributed by atoms with Gasteiger partial charge in [-0.15, -0.1) is 0 Å². The first-order chi connectivity index (χ1) is 15.3. The van der Waals surface area contributed by atoms with Gasteiger partial charge in [-0.05, 0) is 57.0 Å². The van der Waals surface area contributed by atoms with Crippen LogP contribution in [0, 0.1) is 24.4 Å². The molecule has 5 nitrogen and oxygen atoms in total. The van der Waals surface area contributed by atoms with E-state index in [2.05, 4.69) is 10.4 Å². The molecule has 0 heterocycles. The topological polar surface area (TPSA) is 62.8 Å². The fourth-order valence-electron chi connectivity index (χ4n) is 3.25. The summed E-state index contributed by atoms with van der Waals surface area (Å²) in [6.45, 7) is 7.64. The molecule has 1 unspecified atom stereocenters. The third-order valence-corrected chi connectivity index (χ3v) is 6.19. The van der Waals surface area contributed by atoms with E-state index < -0.39 is 25.8 Å². The van der Waals surface area contributed by atoms with Gasteiger partial charge in [-0.25, -0.2) is 13.2 Å². The van der Waals surface area contributed by atoms with Crippen molar-refractivity contribution >= 4 is 25.4 Å². The molecule has 0 amide bonds. The summed E-state index contributed by atoms with van der Waals surface area (Å²) in [4.78, 5) is 0. The van der Waals surface area contributed by atoms with Crippen LogP contribution in [0.2, 0.25) is 0 Å². The number of nitrogens with one attached hydrogen (secondary N) is 2. The van der Waals surface area contributed by atoms with Gasteiger partial charge in [0.1, 0.15) is 31.2 Å². The van der Waals surface area contributed by atoms with Gasteiger partial charge in [-0.1, -0.05) is 19.9 Å². The van der Waals surface area contributed by atoms with Gasteiger partial charge in [-0.2, -0.15) is 0 Å². The average Bonchev–Trinajstić information content (AvgIpc) is 3.53. The fourth-order valence-corrected chi connectivity index (χ4v) is 4.68. The third-order valence-electron chi connectivity index (χ3n) is 4.99. The molecule has 32 heavy (non-hydrogen) atoms. The van der Waals surface area contributed by atoms with E-state index in [4.69, 9.17) is 14.4 Å². The van der Waals surface area contributed by atoms with E-state index in [1.165, 1.54) is 19.2 Å². The van der Waals surface area contributed by atoms with E-state index in [1.807, 2.05) is 20.5 Å². The molecule has 2 aromatic carbocycles. The summed E-state index contributed by atoms with van der Waals surface area (Å²) in [6.07, 6.45) is 3.13. The second kappa shape index (κ2) is 11.7. The maximum absolute atomic E-state index is 14.7. The molecule has 9 heteroatoms. The Bertz CT molecular complexity index is 911. The minimum atomic E-state index is -1.28. The lowest BCUT2D eigenvalue weighted by Gasteiger charge is -2.25. The molecule has 0 aliphatic heterocycles. The molecule has 178 valence electrons. The van der Waals surface area contributed by atoms with Crippen molar-refractivity contribution in [2.75, 3.05) is 30.8 Å². The summed E-state index contributed by atoms with van der Waals surface area (Å²) in [6, 6.07) is 5.37. The van der Waals surface area contributed by atoms with E-state index >= 15 is 0 Å². The highest BCUT2D eigenvalue weighted by Crippen LogP contribution is 2.54. The van der Waals surface area contributed by atoms with E-state index in [0.29, 0.717) is 12.0 Å². The Kier molecular flexibility index (Phi) is 9.62. The monoisotopic (exact) mass is 472 g/mol. The van der Waals surface area contributed by atoms with E-state index in [0.717, 1.165) is 25.3 Å². The Morgan fingerprint density at radius 1 is 1.09 bits per heavy atom. The van der Waals surface area contributed by atoms with Gasteiger partial charge >= 0.3 is 0 Å². The number of ether oxygens (including phenoxy) is 1. The maximum Gasteiger partial charge on any atom is 0.184 e. The van der Waals surface area contributed by atoms with Gasteiger partial charge in [0.2, 0.25) is 0 Å². The van der Waals surface area contributed by atoms with Crippen molar-refractivity contribution in [3.05, 3.63) is 47.3 Å². The highest BCUT2D eigenvalue weighted by atomic mass is 31.2. The maximum atomic E-state index is 14.7. The van der Waals surface area contributed by atoms with Crippen LogP contribution >= 0.6 is 8.30 Å². The normalized spacial score (nSPS) is 14.8. The summed E-state index contributed by atoms with van der Waals surface area (Å²) in [5, 5.41) is 14.8. The first kappa shape index (κ1) is 26.2. The first-order valence-corrected chi connectivity index (χ1v) is 12.4. The lowest BCUT2D eigenvalue weighted by Crippen LogP contribution is -2.14. The minimum Gasteiger partial charge on any atom is -0.494 e. The number of aliphatic hydroxyl groups excluding tert-OH is 1. The molecule has 1 aliphatic rings. The highest BCUT2D eigenvalue weighted by molar-refractivity contribution is 7.53. The molecule has 0 saturated heterocycles. The predicted octanol–water partition coefficient (Wildman–Crippen LogP) is 6.87. The number of aryl methyl sites for hydroxylation is 1. The summed E-state index contributed by atoms with van der Waals surface area (Å²) in [7, 11) is 0.0628. The summed E-state index contributed by atoms with van der Waals surface area (Å²) < 4.78 is 54.6. The van der Waals surface area contributed by atoms with Gasteiger partial charge in [0, 0.05) is 12.7 Å². The van der Waals surface area contributed by atoms with Crippen LogP contribution in [0.5, 0.6) is 5.75 Å². The molecule has 0 spiro atoms. The lowest BCUT2D eigenvalue weighted by molar-refractivity contribution is 0.171. The third kappa shape index (κ3) is 6.50. The van der Waals surface area contributed by atoms with E-state index in [-0.39, 0.29) is 35.0 Å². The first-order valence-electron chi connectivity index (χ1n) is 10.7. The zero-order valence-electron chi connectivity index (χ0n) is 19.2. The Balaban J connectivity index is 0.00000176. The average molecular weight is 472 g/mol. The quantitative estimate of drug-likeness (QED) is 0.330. The Labute approximate surface area is 189 Å². The molecule has 1 fully saturated rings. The van der Waals surface area contributed by atoms with Crippen molar-refractivity contribution in [3.63, 3.8) is 0 Å². The molecule has 2 aromatic rings. The number of halogens is 3. The van der Waals surface area contributed by atoms with Gasteiger partial charge < -0.3 is 24.8 Å². The molecular formula is C23H32F3N2O3P. The van der Waals surface area contributed by atoms with E-state index in [9.17, 15) is 13.2 Å². The number of methoxy groups -OCH3 is 1. The lowest BCUT2D eigenvalue weighted by atomic mass is 10.2. The standard InChI is InChI=1S/C21H26F3N2O3P.C2H6/c1-13-5-6-16(14(22)11-13)25-20-18(24)15(23)12-17(28-2)19(20)26-30(3)29-21(8-9-21)7-4-10-27;1-2/h5-6,11-12,25-27H,4,7-10H2,1-3H3;1-2H3. The second-order valence-electron chi connectivity index (χ2n) is 7.44. The number of hydrogen-bond acceptors (Lipinski definition) is 5. The molecule has 0 aromatic heterocycles. The molecule has 0 bridgehead atoms. The number of benzene rings is 2. The van der Waals surface area contributed by atoms with Gasteiger partial charge in [0.05, 0.1) is 18.4 Å². The van der Waals surface area contributed by atoms with Crippen LogP contribution < -0.4 is 15.1 Å². The van der Waals surface area contributed by atoms with Crippen molar-refractivity contribution in [1.82, 2.24) is 0 Å². The Morgan fingerprint density at radius 2 is 1.78 bits per heavy atom. The van der Waals surface area contributed by atoms with Crippen LogP contribution in [0.1, 0.15) is 45.1 Å². The molecule has 1 atom stereocenters. The van der Waals surface area contributed by atoms with Gasteiger partial charge in [0.15, 0.2) is 11.6 Å². The smallest absolute Gasteiger partial charge is 0.184 e. The van der Waals surface area contributed by atoms with Crippen molar-refractivity contribution in [2.24, 2.45) is 0 Å². The molecule has 1 aliphatic carbocycles. The number of rotatable bonds is 10. The van der Waals surface area contributed by atoms with E-state index in [1.54, 1.807) is 13.0 Å². The van der Waals surface area contributed by atoms with Crippen molar-refractivity contribution in [1.29, 1.82) is 0 Å². The second-order valence-corrected chi connectivity index (χ2v) is 8.84. The molecule has 1 saturated carbocycles. The van der Waals surface area contributed by atoms with Gasteiger partial charge in [-0.3, -0.25) is 0 Å². The molecule has 3 rings (SSSR count). The number of aliphatic hydroxyl groups is 1. The molecular weight excluding hydrogens is 440 g/mol. The number of anilines is 3. The van der Waals surface area contributed by atoms with Crippen LogP contribution in [-0.4, -0.2) is 31.1 Å². The SMILES string of the molecule is CC.COc1cc(F)c(F)c(Nc2ccc(C)cc2F)c1NP(C)OC1(CCCO)CC1. The zero-order chi connectivity index (χ0) is 23.9. The van der Waals surface area contributed by atoms with Crippen LogP contribution in [0.3, 0.4) is 0 Å². The summed E-state index contributed by atoms with van der Waals surface area (Å²) in [5.74, 6) is -2.78. The van der Waals surface area contributed by atoms with Crippen LogP contribution in [0.4, 0.5) is 30.2 Å². The fraction of sp³-hybridized carbons (Fsp3) is 0.478. The van der Waals surface area contributed by atoms with Crippen molar-refractivity contribution in [3.8, 4) is 5.75 Å². The van der Waals surface area contributed by atoms with Crippen LogP contribution in [0.15, 0.2) is 24.3 Å². The molecule has 3 N–H and O–H groups in total. The van der Waals surface area contributed by atoms with Crippen LogP contribution in [0.25, 0.3) is 0 Å². The number of hydrogen-bond donors (Lipinski definition) is 3.